The van der Waals surface area contributed by atoms with E-state index in [1.165, 1.54) is 12.7 Å². The first-order valence-electron chi connectivity index (χ1n) is 6.58. The molecule has 4 atom stereocenters. The van der Waals surface area contributed by atoms with Gasteiger partial charge in [0.2, 0.25) is 0 Å². The van der Waals surface area contributed by atoms with Crippen molar-refractivity contribution in [3.8, 4) is 0 Å². The Bertz CT molecular complexity index is 787. The number of hydrogen-bond donors (Lipinski definition) is 2. The van der Waals surface area contributed by atoms with E-state index in [-0.39, 0.29) is 19.0 Å². The van der Waals surface area contributed by atoms with Gasteiger partial charge in [0.25, 0.3) is 0 Å². The van der Waals surface area contributed by atoms with Crippen molar-refractivity contribution in [2.24, 2.45) is 5.11 Å². The van der Waals surface area contributed by atoms with Crippen LogP contribution in [0.15, 0.2) is 17.8 Å². The molecule has 0 aliphatic carbocycles. The van der Waals surface area contributed by atoms with E-state index in [4.69, 9.17) is 20.7 Å². The lowest BCUT2D eigenvalue weighted by Crippen LogP contribution is -2.43. The lowest BCUT2D eigenvalue weighted by molar-refractivity contribution is -0.182. The van der Waals surface area contributed by atoms with Crippen molar-refractivity contribution in [2.75, 3.05) is 18.9 Å². The molecule has 4 rings (SSSR count). The molecule has 2 aromatic rings. The van der Waals surface area contributed by atoms with Gasteiger partial charge in [-0.25, -0.2) is 15.0 Å². The first-order chi connectivity index (χ1) is 10.7. The molecule has 0 aromatic carbocycles. The number of aromatic nitrogens is 4. The van der Waals surface area contributed by atoms with E-state index >= 15 is 0 Å². The maximum Gasteiger partial charge on any atom is 0.167 e. The highest BCUT2D eigenvalue weighted by Gasteiger charge is 2.61. The van der Waals surface area contributed by atoms with Crippen LogP contribution in [0.1, 0.15) is 6.23 Å². The molecule has 22 heavy (non-hydrogen) atoms. The minimum atomic E-state index is -1.04. The largest absolute Gasteiger partial charge is 0.393 e. The molecule has 2 fully saturated rings. The summed E-state index contributed by atoms with van der Waals surface area (Å²) in [6, 6.07) is -0.621. The average molecular weight is 304 g/mol. The molecule has 2 saturated heterocycles. The lowest BCUT2D eigenvalue weighted by atomic mass is 9.98. The van der Waals surface area contributed by atoms with Crippen molar-refractivity contribution in [3.05, 3.63) is 23.1 Å². The van der Waals surface area contributed by atoms with Crippen LogP contribution in [0, 0.1) is 0 Å². The van der Waals surface area contributed by atoms with Gasteiger partial charge in [0.15, 0.2) is 17.7 Å². The number of nitrogens with zero attached hydrogens (tertiary/aromatic N) is 7. The third-order valence-corrected chi connectivity index (χ3v) is 4.11. The number of fused-ring (bicyclic) bond motifs is 3. The van der Waals surface area contributed by atoms with Gasteiger partial charge in [0, 0.05) is 4.91 Å². The standard InChI is InChI=1S/C11H12N8O3/c12-8-5-9(15-3-14-8)19(4-16-5)10-6-7(17-18-13)11(1-20,22-10)2-21-6/h3-4,6-7,10,20H,1-2H2,(H2,12,14,15)/t6-,7?,10+,11-/m0/s1. The van der Waals surface area contributed by atoms with Crippen LogP contribution in [-0.4, -0.2) is 55.6 Å². The van der Waals surface area contributed by atoms with Gasteiger partial charge in [0.05, 0.1) is 19.5 Å². The monoisotopic (exact) mass is 304 g/mol. The number of azide groups is 1. The Labute approximate surface area is 123 Å². The van der Waals surface area contributed by atoms with Crippen molar-refractivity contribution >= 4 is 17.0 Å². The molecular weight excluding hydrogens is 292 g/mol. The SMILES string of the molecule is [N-]=[N+]=NC1[C@@H]2OC[C@]1(CO)O[C@H]2n1cnc2c(N)ncnc21. The van der Waals surface area contributed by atoms with E-state index in [0.717, 1.165) is 0 Å². The molecule has 0 saturated carbocycles. The second-order valence-corrected chi connectivity index (χ2v) is 5.24. The summed E-state index contributed by atoms with van der Waals surface area (Å²) in [5.41, 5.74) is 14.4. The fourth-order valence-electron chi connectivity index (χ4n) is 3.04. The van der Waals surface area contributed by atoms with Gasteiger partial charge in [-0.05, 0) is 5.53 Å². The molecule has 0 radical (unpaired) electrons. The zero-order valence-corrected chi connectivity index (χ0v) is 11.3. The van der Waals surface area contributed by atoms with Gasteiger partial charge >= 0.3 is 0 Å². The topological polar surface area (TPSA) is 157 Å². The van der Waals surface area contributed by atoms with E-state index in [1.807, 2.05) is 0 Å². The van der Waals surface area contributed by atoms with Crippen molar-refractivity contribution in [3.63, 3.8) is 0 Å². The van der Waals surface area contributed by atoms with Crippen molar-refractivity contribution < 1.29 is 14.6 Å². The van der Waals surface area contributed by atoms with E-state index in [0.29, 0.717) is 11.2 Å². The Kier molecular flexibility index (Phi) is 2.71. The molecule has 11 nitrogen and oxygen atoms in total. The summed E-state index contributed by atoms with van der Waals surface area (Å²) in [7, 11) is 0. The molecule has 2 aliphatic rings. The molecule has 2 bridgehead atoms. The molecule has 0 spiro atoms. The van der Waals surface area contributed by atoms with E-state index < -0.39 is 24.0 Å². The van der Waals surface area contributed by atoms with Crippen LogP contribution in [0.2, 0.25) is 0 Å². The minimum absolute atomic E-state index is 0.165. The van der Waals surface area contributed by atoms with Crippen LogP contribution >= 0.6 is 0 Å². The molecule has 2 aromatic heterocycles. The Morgan fingerprint density at radius 3 is 3.18 bits per heavy atom. The summed E-state index contributed by atoms with van der Waals surface area (Å²) in [5.74, 6) is 0.260. The van der Waals surface area contributed by atoms with Gasteiger partial charge < -0.3 is 20.3 Å². The fraction of sp³-hybridized carbons (Fsp3) is 0.545. The molecular formula is C11H12N8O3. The lowest BCUT2D eigenvalue weighted by Gasteiger charge is -2.29. The van der Waals surface area contributed by atoms with Gasteiger partial charge in [-0.15, -0.1) is 0 Å². The number of rotatable bonds is 3. The summed E-state index contributed by atoms with van der Waals surface area (Å²) in [5, 5.41) is 13.4. The number of anilines is 1. The Morgan fingerprint density at radius 1 is 1.55 bits per heavy atom. The van der Waals surface area contributed by atoms with Crippen LogP contribution in [0.3, 0.4) is 0 Å². The van der Waals surface area contributed by atoms with Crippen LogP contribution in [-0.2, 0) is 9.47 Å². The molecule has 1 unspecified atom stereocenters. The highest BCUT2D eigenvalue weighted by Crippen LogP contribution is 2.47. The van der Waals surface area contributed by atoms with Gasteiger partial charge in [-0.2, -0.15) is 0 Å². The maximum atomic E-state index is 9.65. The first-order valence-corrected chi connectivity index (χ1v) is 6.58. The second-order valence-electron chi connectivity index (χ2n) is 5.24. The van der Waals surface area contributed by atoms with Crippen molar-refractivity contribution in [1.82, 2.24) is 19.5 Å². The molecule has 4 heterocycles. The summed E-state index contributed by atoms with van der Waals surface area (Å²) in [6.45, 7) is -0.147. The Hall–Kier alpha value is -2.46. The number of imidazole rings is 1. The quantitative estimate of drug-likeness (QED) is 0.449. The van der Waals surface area contributed by atoms with Gasteiger partial charge in [-0.1, -0.05) is 5.11 Å². The van der Waals surface area contributed by atoms with Crippen LogP contribution < -0.4 is 5.73 Å². The Balaban J connectivity index is 1.81. The Morgan fingerprint density at radius 2 is 2.41 bits per heavy atom. The van der Waals surface area contributed by atoms with Gasteiger partial charge in [-0.3, -0.25) is 4.57 Å². The molecule has 2 aliphatic heterocycles. The number of aliphatic hydroxyl groups excluding tert-OH is 1. The number of aliphatic hydroxyl groups is 1. The summed E-state index contributed by atoms with van der Waals surface area (Å²) in [6.07, 6.45) is 1.70. The minimum Gasteiger partial charge on any atom is -0.393 e. The molecule has 114 valence electrons. The maximum absolute atomic E-state index is 9.65. The fourth-order valence-corrected chi connectivity index (χ4v) is 3.04. The van der Waals surface area contributed by atoms with Gasteiger partial charge in [0.1, 0.15) is 29.6 Å². The molecule has 11 heteroatoms. The number of nitrogens with two attached hydrogens (primary N) is 1. The third-order valence-electron chi connectivity index (χ3n) is 4.11. The van der Waals surface area contributed by atoms with Crippen LogP contribution in [0.5, 0.6) is 0 Å². The first kappa shape index (κ1) is 13.2. The number of hydrogen-bond acceptors (Lipinski definition) is 8. The predicted octanol–water partition coefficient (Wildman–Crippen LogP) is -0.254. The van der Waals surface area contributed by atoms with Crippen LogP contribution in [0.25, 0.3) is 21.6 Å². The zero-order valence-electron chi connectivity index (χ0n) is 11.3. The second kappa shape index (κ2) is 4.52. The number of ether oxygens (including phenoxy) is 2. The van der Waals surface area contributed by atoms with E-state index in [2.05, 4.69) is 25.0 Å². The van der Waals surface area contributed by atoms with E-state index in [1.54, 1.807) is 4.57 Å². The third kappa shape index (κ3) is 1.56. The normalized spacial score (nSPS) is 33.2. The molecule has 3 N–H and O–H groups in total. The van der Waals surface area contributed by atoms with Crippen molar-refractivity contribution in [1.29, 1.82) is 0 Å². The summed E-state index contributed by atoms with van der Waals surface area (Å²) < 4.78 is 13.2. The highest BCUT2D eigenvalue weighted by atomic mass is 16.6. The summed E-state index contributed by atoms with van der Waals surface area (Å²) >= 11 is 0. The number of nitrogen functional groups attached to an aromatic ring is 1. The van der Waals surface area contributed by atoms with Crippen LogP contribution in [0.4, 0.5) is 5.82 Å². The van der Waals surface area contributed by atoms with E-state index in [9.17, 15) is 5.11 Å². The zero-order chi connectivity index (χ0) is 15.3. The highest BCUT2D eigenvalue weighted by molar-refractivity contribution is 5.81. The predicted molar refractivity (Wildman–Crippen MR) is 72.3 cm³/mol. The molecule has 0 amide bonds. The van der Waals surface area contributed by atoms with Crippen molar-refractivity contribution in [2.45, 2.75) is 24.0 Å². The smallest absolute Gasteiger partial charge is 0.167 e. The average Bonchev–Trinajstić information content (AvgIpc) is 3.19. The summed E-state index contributed by atoms with van der Waals surface area (Å²) in [4.78, 5) is 15.0.